The van der Waals surface area contributed by atoms with Gasteiger partial charge in [0.25, 0.3) is 0 Å². The zero-order chi connectivity index (χ0) is 10.0. The van der Waals surface area contributed by atoms with Crippen LogP contribution < -0.4 is 5.32 Å². The van der Waals surface area contributed by atoms with E-state index in [-0.39, 0.29) is 5.82 Å². The maximum atomic E-state index is 13.5. The van der Waals surface area contributed by atoms with Gasteiger partial charge in [-0.3, -0.25) is 0 Å². The number of nitrogens with one attached hydrogen (secondary N) is 1. The standard InChI is InChI=1S/C10H13ClFN/c1-6-4-9(11)7(2)8(5-13-3)10(6)12/h4,13H,5H2,1-3H3. The molecule has 1 aromatic rings. The minimum atomic E-state index is -0.156. The largest absolute Gasteiger partial charge is 0.316 e. The van der Waals surface area contributed by atoms with Gasteiger partial charge in [0.2, 0.25) is 0 Å². The van der Waals surface area contributed by atoms with Gasteiger partial charge in [0.1, 0.15) is 5.82 Å². The molecule has 0 amide bonds. The molecular formula is C10H13ClFN. The van der Waals surface area contributed by atoms with Crippen LogP contribution in [-0.2, 0) is 6.54 Å². The van der Waals surface area contributed by atoms with E-state index in [2.05, 4.69) is 5.32 Å². The van der Waals surface area contributed by atoms with Gasteiger partial charge >= 0.3 is 0 Å². The van der Waals surface area contributed by atoms with Crippen LogP contribution in [0.5, 0.6) is 0 Å². The molecule has 72 valence electrons. The first-order valence-electron chi connectivity index (χ1n) is 4.16. The second-order valence-corrected chi connectivity index (χ2v) is 3.53. The fourth-order valence-corrected chi connectivity index (χ4v) is 1.57. The highest BCUT2D eigenvalue weighted by Crippen LogP contribution is 2.24. The third kappa shape index (κ3) is 2.01. The van der Waals surface area contributed by atoms with Gasteiger partial charge in [0.05, 0.1) is 0 Å². The fraction of sp³-hybridized carbons (Fsp3) is 0.400. The second-order valence-electron chi connectivity index (χ2n) is 3.12. The predicted molar refractivity (Wildman–Crippen MR) is 53.6 cm³/mol. The smallest absolute Gasteiger partial charge is 0.130 e. The molecule has 0 aliphatic heterocycles. The summed E-state index contributed by atoms with van der Waals surface area (Å²) in [6, 6.07) is 1.66. The number of rotatable bonds is 2. The summed E-state index contributed by atoms with van der Waals surface area (Å²) in [6.07, 6.45) is 0. The van der Waals surface area contributed by atoms with Gasteiger partial charge in [-0.15, -0.1) is 0 Å². The van der Waals surface area contributed by atoms with E-state index in [1.807, 2.05) is 6.92 Å². The number of benzene rings is 1. The molecule has 0 aliphatic carbocycles. The van der Waals surface area contributed by atoms with Crippen molar-refractivity contribution in [2.24, 2.45) is 0 Å². The van der Waals surface area contributed by atoms with E-state index in [1.54, 1.807) is 20.0 Å². The molecule has 0 saturated carbocycles. The fourth-order valence-electron chi connectivity index (χ4n) is 1.30. The molecule has 0 bridgehead atoms. The van der Waals surface area contributed by atoms with E-state index in [1.165, 1.54) is 0 Å². The molecule has 13 heavy (non-hydrogen) atoms. The molecule has 0 unspecified atom stereocenters. The average Bonchev–Trinajstić information content (AvgIpc) is 2.09. The second kappa shape index (κ2) is 4.07. The maximum Gasteiger partial charge on any atom is 0.130 e. The summed E-state index contributed by atoms with van der Waals surface area (Å²) < 4.78 is 13.5. The van der Waals surface area contributed by atoms with Crippen molar-refractivity contribution < 1.29 is 4.39 Å². The normalized spacial score (nSPS) is 10.5. The zero-order valence-corrected chi connectivity index (χ0v) is 8.80. The van der Waals surface area contributed by atoms with E-state index >= 15 is 0 Å². The molecule has 0 radical (unpaired) electrons. The predicted octanol–water partition coefficient (Wildman–Crippen LogP) is 2.82. The van der Waals surface area contributed by atoms with Crippen LogP contribution >= 0.6 is 11.6 Å². The van der Waals surface area contributed by atoms with Crippen LogP contribution in [0.15, 0.2) is 6.07 Å². The molecule has 0 aromatic heterocycles. The molecule has 0 fully saturated rings. The summed E-state index contributed by atoms with van der Waals surface area (Å²) >= 11 is 5.93. The Labute approximate surface area is 82.9 Å². The molecule has 0 aliphatic rings. The van der Waals surface area contributed by atoms with Crippen molar-refractivity contribution in [2.45, 2.75) is 20.4 Å². The Hall–Kier alpha value is -0.600. The van der Waals surface area contributed by atoms with Gasteiger partial charge in [-0.05, 0) is 38.1 Å². The topological polar surface area (TPSA) is 12.0 Å². The lowest BCUT2D eigenvalue weighted by Crippen LogP contribution is -2.10. The summed E-state index contributed by atoms with van der Waals surface area (Å²) in [5.41, 5.74) is 2.08. The highest BCUT2D eigenvalue weighted by atomic mass is 35.5. The van der Waals surface area contributed by atoms with Crippen molar-refractivity contribution in [3.8, 4) is 0 Å². The average molecular weight is 202 g/mol. The quantitative estimate of drug-likeness (QED) is 0.776. The molecule has 0 heterocycles. The van der Waals surface area contributed by atoms with E-state index in [9.17, 15) is 4.39 Å². The van der Waals surface area contributed by atoms with E-state index in [0.717, 1.165) is 5.56 Å². The summed E-state index contributed by atoms with van der Waals surface area (Å²) in [5, 5.41) is 3.55. The van der Waals surface area contributed by atoms with Crippen LogP contribution in [0.4, 0.5) is 4.39 Å². The van der Waals surface area contributed by atoms with Crippen molar-refractivity contribution in [1.82, 2.24) is 5.32 Å². The molecule has 1 aromatic carbocycles. The van der Waals surface area contributed by atoms with Crippen LogP contribution in [0, 0.1) is 19.7 Å². The Kier molecular flexibility index (Phi) is 3.28. The Balaban J connectivity index is 3.28. The van der Waals surface area contributed by atoms with Gasteiger partial charge in [0.15, 0.2) is 0 Å². The van der Waals surface area contributed by atoms with E-state index in [4.69, 9.17) is 11.6 Å². The van der Waals surface area contributed by atoms with Crippen LogP contribution in [0.25, 0.3) is 0 Å². The maximum absolute atomic E-state index is 13.5. The van der Waals surface area contributed by atoms with E-state index < -0.39 is 0 Å². The SMILES string of the molecule is CNCc1c(C)c(Cl)cc(C)c1F. The molecular weight excluding hydrogens is 189 g/mol. The highest BCUT2D eigenvalue weighted by molar-refractivity contribution is 6.31. The number of halogens is 2. The summed E-state index contributed by atoms with van der Waals surface area (Å²) in [7, 11) is 1.79. The first kappa shape index (κ1) is 10.5. The molecule has 1 nitrogen and oxygen atoms in total. The Morgan fingerprint density at radius 1 is 1.46 bits per heavy atom. The molecule has 1 rings (SSSR count). The van der Waals surface area contributed by atoms with Crippen molar-refractivity contribution in [1.29, 1.82) is 0 Å². The number of hydrogen-bond acceptors (Lipinski definition) is 1. The lowest BCUT2D eigenvalue weighted by atomic mass is 10.0. The molecule has 1 N–H and O–H groups in total. The molecule has 0 atom stereocenters. The number of aryl methyl sites for hydroxylation is 1. The van der Waals surface area contributed by atoms with Crippen molar-refractivity contribution in [3.63, 3.8) is 0 Å². The summed E-state index contributed by atoms with van der Waals surface area (Å²) in [4.78, 5) is 0. The first-order chi connectivity index (χ1) is 6.07. The van der Waals surface area contributed by atoms with Crippen molar-refractivity contribution >= 4 is 11.6 Å². The Morgan fingerprint density at radius 2 is 2.08 bits per heavy atom. The van der Waals surface area contributed by atoms with Crippen LogP contribution in [0.3, 0.4) is 0 Å². The molecule has 3 heteroatoms. The summed E-state index contributed by atoms with van der Waals surface area (Å²) in [5.74, 6) is -0.156. The zero-order valence-electron chi connectivity index (χ0n) is 8.04. The van der Waals surface area contributed by atoms with Crippen molar-refractivity contribution in [3.05, 3.63) is 33.6 Å². The lowest BCUT2D eigenvalue weighted by molar-refractivity contribution is 0.590. The van der Waals surface area contributed by atoms with Crippen LogP contribution in [0.1, 0.15) is 16.7 Å². The number of hydrogen-bond donors (Lipinski definition) is 1. The van der Waals surface area contributed by atoms with Crippen molar-refractivity contribution in [2.75, 3.05) is 7.05 Å². The third-order valence-electron chi connectivity index (χ3n) is 2.12. The minimum Gasteiger partial charge on any atom is -0.316 e. The third-order valence-corrected chi connectivity index (χ3v) is 2.51. The van der Waals surface area contributed by atoms with Gasteiger partial charge in [-0.1, -0.05) is 11.6 Å². The van der Waals surface area contributed by atoms with Gasteiger partial charge < -0.3 is 5.32 Å². The Morgan fingerprint density at radius 3 is 2.62 bits per heavy atom. The van der Waals surface area contributed by atoms with Crippen LogP contribution in [0.2, 0.25) is 5.02 Å². The van der Waals surface area contributed by atoms with Crippen LogP contribution in [-0.4, -0.2) is 7.05 Å². The minimum absolute atomic E-state index is 0.156. The first-order valence-corrected chi connectivity index (χ1v) is 4.54. The molecule has 0 saturated heterocycles. The van der Waals surface area contributed by atoms with Gasteiger partial charge in [-0.2, -0.15) is 0 Å². The molecule has 0 spiro atoms. The monoisotopic (exact) mass is 201 g/mol. The van der Waals surface area contributed by atoms with Gasteiger partial charge in [-0.25, -0.2) is 4.39 Å². The van der Waals surface area contributed by atoms with Gasteiger partial charge in [0, 0.05) is 17.1 Å². The highest BCUT2D eigenvalue weighted by Gasteiger charge is 2.10. The van der Waals surface area contributed by atoms with E-state index in [0.29, 0.717) is 22.7 Å². The lowest BCUT2D eigenvalue weighted by Gasteiger charge is -2.10. The Bertz CT molecular complexity index is 297. The summed E-state index contributed by atoms with van der Waals surface area (Å²) in [6.45, 7) is 4.07.